The second kappa shape index (κ2) is 10.1. The molecule has 0 aromatic heterocycles. The molecule has 0 saturated heterocycles. The summed E-state index contributed by atoms with van der Waals surface area (Å²) in [5.74, 6) is 0.864. The highest BCUT2D eigenvalue weighted by molar-refractivity contribution is 7.91. The van der Waals surface area contributed by atoms with Crippen molar-refractivity contribution in [3.63, 3.8) is 0 Å². The monoisotopic (exact) mass is 433 g/mol. The fourth-order valence-corrected chi connectivity index (χ4v) is 6.04. The number of sulfone groups is 1. The molecule has 1 aliphatic carbocycles. The standard InChI is InChI=1S/C24H32ClNO2S/c1-2-14-29(27,28)15-6-5-7-18-10-11-19-12-13-24(26)22(21(19)16-18)17-20-8-3-4-9-23(20)25/h3-4,8-11,16,22,24H,2,5-7,12-15,17,26H2,1H3. The molecule has 2 aromatic carbocycles. The van der Waals surface area contributed by atoms with E-state index in [1.54, 1.807) is 0 Å². The third-order valence-electron chi connectivity index (χ3n) is 5.96. The van der Waals surface area contributed by atoms with Crippen LogP contribution in [0.25, 0.3) is 0 Å². The SMILES string of the molecule is CCCS(=O)(=O)CCCCc1ccc2c(c1)C(Cc1ccccc1Cl)C(N)CC2. The Kier molecular flexibility index (Phi) is 7.78. The van der Waals surface area contributed by atoms with Gasteiger partial charge in [0.2, 0.25) is 0 Å². The van der Waals surface area contributed by atoms with E-state index in [0.717, 1.165) is 49.1 Å². The van der Waals surface area contributed by atoms with Gasteiger partial charge in [-0.15, -0.1) is 0 Å². The van der Waals surface area contributed by atoms with Crippen molar-refractivity contribution >= 4 is 21.4 Å². The lowest BCUT2D eigenvalue weighted by molar-refractivity contribution is 0.467. The molecule has 2 N–H and O–H groups in total. The molecule has 2 aromatic rings. The smallest absolute Gasteiger partial charge is 0.150 e. The van der Waals surface area contributed by atoms with Crippen molar-refractivity contribution in [3.8, 4) is 0 Å². The van der Waals surface area contributed by atoms with E-state index < -0.39 is 9.84 Å². The first-order valence-electron chi connectivity index (χ1n) is 10.7. The Morgan fingerprint density at radius 1 is 1.10 bits per heavy atom. The number of hydrogen-bond donors (Lipinski definition) is 1. The molecule has 3 nitrogen and oxygen atoms in total. The van der Waals surface area contributed by atoms with Crippen LogP contribution in [0.15, 0.2) is 42.5 Å². The highest BCUT2D eigenvalue weighted by Crippen LogP contribution is 2.35. The van der Waals surface area contributed by atoms with Crippen LogP contribution in [0.3, 0.4) is 0 Å². The van der Waals surface area contributed by atoms with E-state index in [9.17, 15) is 8.42 Å². The molecule has 0 saturated carbocycles. The Hall–Kier alpha value is -1.36. The lowest BCUT2D eigenvalue weighted by Crippen LogP contribution is -2.34. The molecule has 2 unspecified atom stereocenters. The first-order chi connectivity index (χ1) is 13.9. The van der Waals surface area contributed by atoms with Crippen molar-refractivity contribution in [1.29, 1.82) is 0 Å². The van der Waals surface area contributed by atoms with Crippen LogP contribution in [-0.4, -0.2) is 26.0 Å². The third kappa shape index (κ3) is 6.07. The molecule has 0 heterocycles. The maximum Gasteiger partial charge on any atom is 0.150 e. The maximum atomic E-state index is 11.9. The molecule has 0 bridgehead atoms. The Bertz CT molecular complexity index is 926. The third-order valence-corrected chi connectivity index (χ3v) is 8.27. The van der Waals surface area contributed by atoms with Gasteiger partial charge in [0, 0.05) is 22.7 Å². The molecule has 29 heavy (non-hydrogen) atoms. The largest absolute Gasteiger partial charge is 0.327 e. The van der Waals surface area contributed by atoms with Gasteiger partial charge in [0.1, 0.15) is 9.84 Å². The average Bonchev–Trinajstić information content (AvgIpc) is 2.69. The van der Waals surface area contributed by atoms with Crippen molar-refractivity contribution in [1.82, 2.24) is 0 Å². The summed E-state index contributed by atoms with van der Waals surface area (Å²) in [5, 5.41) is 0.802. The molecule has 0 fully saturated rings. The Morgan fingerprint density at radius 2 is 1.90 bits per heavy atom. The average molecular weight is 434 g/mol. The van der Waals surface area contributed by atoms with Crippen molar-refractivity contribution in [2.45, 2.75) is 63.8 Å². The normalized spacial score (nSPS) is 19.1. The molecular formula is C24H32ClNO2S. The lowest BCUT2D eigenvalue weighted by atomic mass is 9.76. The van der Waals surface area contributed by atoms with Crippen molar-refractivity contribution in [2.75, 3.05) is 11.5 Å². The second-order valence-corrected chi connectivity index (χ2v) is 11.0. The van der Waals surface area contributed by atoms with Gasteiger partial charge in [0.05, 0.1) is 5.75 Å². The van der Waals surface area contributed by atoms with Crippen molar-refractivity contribution in [2.24, 2.45) is 5.73 Å². The summed E-state index contributed by atoms with van der Waals surface area (Å²) in [5.41, 5.74) is 11.7. The zero-order chi connectivity index (χ0) is 20.9. The summed E-state index contributed by atoms with van der Waals surface area (Å²) in [4.78, 5) is 0. The summed E-state index contributed by atoms with van der Waals surface area (Å²) in [6.07, 6.45) is 6.09. The Labute approximate surface area is 180 Å². The first kappa shape index (κ1) is 22.3. The summed E-state index contributed by atoms with van der Waals surface area (Å²) >= 11 is 6.40. The summed E-state index contributed by atoms with van der Waals surface area (Å²) < 4.78 is 23.8. The van der Waals surface area contributed by atoms with E-state index in [-0.39, 0.29) is 12.0 Å². The molecule has 0 amide bonds. The summed E-state index contributed by atoms with van der Waals surface area (Å²) in [7, 11) is -2.88. The number of aryl methyl sites for hydroxylation is 2. The van der Waals surface area contributed by atoms with E-state index in [2.05, 4.69) is 24.3 Å². The van der Waals surface area contributed by atoms with E-state index in [4.69, 9.17) is 17.3 Å². The number of hydrogen-bond acceptors (Lipinski definition) is 3. The summed E-state index contributed by atoms with van der Waals surface area (Å²) in [6, 6.07) is 14.9. The fraction of sp³-hybridized carbons (Fsp3) is 0.500. The van der Waals surface area contributed by atoms with Gasteiger partial charge < -0.3 is 5.73 Å². The van der Waals surface area contributed by atoms with Crippen LogP contribution in [-0.2, 0) is 29.1 Å². The number of nitrogens with two attached hydrogens (primary N) is 1. The number of fused-ring (bicyclic) bond motifs is 1. The van der Waals surface area contributed by atoms with Crippen LogP contribution in [0.1, 0.15) is 60.8 Å². The van der Waals surface area contributed by atoms with Gasteiger partial charge in [-0.2, -0.15) is 0 Å². The molecule has 3 rings (SSSR count). The van der Waals surface area contributed by atoms with Crippen LogP contribution in [0.4, 0.5) is 0 Å². The van der Waals surface area contributed by atoms with Crippen LogP contribution < -0.4 is 5.73 Å². The lowest BCUT2D eigenvalue weighted by Gasteiger charge is -2.32. The Morgan fingerprint density at radius 3 is 2.66 bits per heavy atom. The molecule has 0 spiro atoms. The molecule has 0 radical (unpaired) electrons. The quantitative estimate of drug-likeness (QED) is 0.560. The van der Waals surface area contributed by atoms with Gasteiger partial charge in [0.25, 0.3) is 0 Å². The first-order valence-corrected chi connectivity index (χ1v) is 12.9. The molecule has 5 heteroatoms. The maximum absolute atomic E-state index is 11.9. The number of rotatable bonds is 9. The molecule has 158 valence electrons. The van der Waals surface area contributed by atoms with Crippen LogP contribution in [0.5, 0.6) is 0 Å². The van der Waals surface area contributed by atoms with Gasteiger partial charge in [0.15, 0.2) is 0 Å². The van der Waals surface area contributed by atoms with Gasteiger partial charge in [-0.05, 0) is 73.3 Å². The summed E-state index contributed by atoms with van der Waals surface area (Å²) in [6.45, 7) is 1.91. The zero-order valence-corrected chi connectivity index (χ0v) is 18.8. The number of benzene rings is 2. The Balaban J connectivity index is 1.69. The van der Waals surface area contributed by atoms with Gasteiger partial charge >= 0.3 is 0 Å². The highest BCUT2D eigenvalue weighted by Gasteiger charge is 2.28. The number of halogens is 1. The van der Waals surface area contributed by atoms with Gasteiger partial charge in [-0.3, -0.25) is 0 Å². The van der Waals surface area contributed by atoms with E-state index >= 15 is 0 Å². The van der Waals surface area contributed by atoms with Gasteiger partial charge in [-0.1, -0.05) is 54.9 Å². The van der Waals surface area contributed by atoms with Crippen molar-refractivity contribution < 1.29 is 8.42 Å². The predicted molar refractivity (Wildman–Crippen MR) is 123 cm³/mol. The molecular weight excluding hydrogens is 402 g/mol. The van der Waals surface area contributed by atoms with Gasteiger partial charge in [-0.25, -0.2) is 8.42 Å². The molecule has 2 atom stereocenters. The second-order valence-electron chi connectivity index (χ2n) is 8.25. The zero-order valence-electron chi connectivity index (χ0n) is 17.2. The van der Waals surface area contributed by atoms with E-state index in [1.165, 1.54) is 16.7 Å². The molecule has 0 aliphatic heterocycles. The fourth-order valence-electron chi connectivity index (χ4n) is 4.35. The topological polar surface area (TPSA) is 60.2 Å². The van der Waals surface area contributed by atoms with Crippen LogP contribution >= 0.6 is 11.6 Å². The highest BCUT2D eigenvalue weighted by atomic mass is 35.5. The molecule has 1 aliphatic rings. The minimum absolute atomic E-state index is 0.133. The minimum atomic E-state index is -2.88. The van der Waals surface area contributed by atoms with Crippen LogP contribution in [0.2, 0.25) is 5.02 Å². The van der Waals surface area contributed by atoms with E-state index in [1.807, 2.05) is 25.1 Å². The van der Waals surface area contributed by atoms with Crippen LogP contribution in [0, 0.1) is 0 Å². The minimum Gasteiger partial charge on any atom is -0.327 e. The predicted octanol–water partition coefficient (Wildman–Crippen LogP) is 5.09. The number of unbranched alkanes of at least 4 members (excludes halogenated alkanes) is 1. The van der Waals surface area contributed by atoms with E-state index in [0.29, 0.717) is 17.9 Å². The van der Waals surface area contributed by atoms with Crippen molar-refractivity contribution in [3.05, 3.63) is 69.7 Å².